The van der Waals surface area contributed by atoms with Gasteiger partial charge in [-0.15, -0.1) is 10.2 Å². The standard InChI is InChI=1S/C24H19Cl2N3O5S/c1-33-21-7-3-13(25)9-17(21)23-27-28-24(29(23)14-4-8-22(34-2)18(26)10-14)35-12-20(32)16-6-5-15(30)11-19(16)31/h3-11,30-31H,12H2,1-2H3. The molecule has 0 atom stereocenters. The Morgan fingerprint density at radius 3 is 2.40 bits per heavy atom. The summed E-state index contributed by atoms with van der Waals surface area (Å²) >= 11 is 13.8. The lowest BCUT2D eigenvalue weighted by atomic mass is 10.1. The number of nitrogens with zero attached hydrogens (tertiary/aromatic N) is 3. The molecule has 0 saturated carbocycles. The number of hydrogen-bond donors (Lipinski definition) is 2. The molecule has 4 aromatic rings. The van der Waals surface area contributed by atoms with E-state index in [1.807, 2.05) is 0 Å². The highest BCUT2D eigenvalue weighted by atomic mass is 35.5. The zero-order valence-corrected chi connectivity index (χ0v) is 20.9. The summed E-state index contributed by atoms with van der Waals surface area (Å²) in [7, 11) is 3.06. The molecule has 0 radical (unpaired) electrons. The minimum Gasteiger partial charge on any atom is -0.508 e. The molecule has 0 bridgehead atoms. The highest BCUT2D eigenvalue weighted by molar-refractivity contribution is 7.99. The third kappa shape index (κ3) is 5.17. The topological polar surface area (TPSA) is 107 Å². The van der Waals surface area contributed by atoms with Crippen molar-refractivity contribution >= 4 is 40.7 Å². The van der Waals surface area contributed by atoms with E-state index in [0.29, 0.717) is 43.8 Å². The molecule has 8 nitrogen and oxygen atoms in total. The first-order valence-electron chi connectivity index (χ1n) is 10.1. The van der Waals surface area contributed by atoms with E-state index in [0.717, 1.165) is 17.8 Å². The van der Waals surface area contributed by atoms with Crippen LogP contribution < -0.4 is 9.47 Å². The summed E-state index contributed by atoms with van der Waals surface area (Å²) in [5, 5.41) is 29.4. The average molecular weight is 532 g/mol. The van der Waals surface area contributed by atoms with Crippen LogP contribution in [-0.4, -0.2) is 50.7 Å². The van der Waals surface area contributed by atoms with Crippen LogP contribution in [0.25, 0.3) is 17.1 Å². The van der Waals surface area contributed by atoms with Crippen LogP contribution in [0.3, 0.4) is 0 Å². The molecular weight excluding hydrogens is 513 g/mol. The van der Waals surface area contributed by atoms with Gasteiger partial charge in [0.2, 0.25) is 0 Å². The second kappa shape index (κ2) is 10.5. The highest BCUT2D eigenvalue weighted by Gasteiger charge is 2.22. The van der Waals surface area contributed by atoms with Gasteiger partial charge < -0.3 is 19.7 Å². The number of carbonyl (C=O) groups excluding carboxylic acids is 1. The van der Waals surface area contributed by atoms with Gasteiger partial charge in [-0.05, 0) is 48.5 Å². The van der Waals surface area contributed by atoms with E-state index in [4.69, 9.17) is 32.7 Å². The minimum atomic E-state index is -0.350. The summed E-state index contributed by atoms with van der Waals surface area (Å²) < 4.78 is 12.5. The van der Waals surface area contributed by atoms with Crippen LogP contribution in [0.1, 0.15) is 10.4 Å². The van der Waals surface area contributed by atoms with Crippen LogP contribution in [0.15, 0.2) is 59.8 Å². The Bertz CT molecular complexity index is 1410. The van der Waals surface area contributed by atoms with Crippen molar-refractivity contribution in [3.05, 3.63) is 70.2 Å². The fourth-order valence-corrected chi connectivity index (χ4v) is 4.64. The summed E-state index contributed by atoms with van der Waals surface area (Å²) in [5.41, 5.74) is 1.31. The van der Waals surface area contributed by atoms with E-state index >= 15 is 0 Å². The van der Waals surface area contributed by atoms with Crippen molar-refractivity contribution in [3.8, 4) is 40.1 Å². The largest absolute Gasteiger partial charge is 0.508 e. The van der Waals surface area contributed by atoms with Crippen molar-refractivity contribution in [2.75, 3.05) is 20.0 Å². The lowest BCUT2D eigenvalue weighted by Crippen LogP contribution is -2.05. The number of phenols is 2. The SMILES string of the molecule is COc1ccc(-n2c(SCC(=O)c3ccc(O)cc3O)nnc2-c2cc(Cl)ccc2OC)cc1Cl. The lowest BCUT2D eigenvalue weighted by molar-refractivity contribution is 0.102. The highest BCUT2D eigenvalue weighted by Crippen LogP contribution is 2.37. The monoisotopic (exact) mass is 531 g/mol. The lowest BCUT2D eigenvalue weighted by Gasteiger charge is -2.14. The van der Waals surface area contributed by atoms with Gasteiger partial charge in [0.05, 0.1) is 41.8 Å². The van der Waals surface area contributed by atoms with Crippen molar-refractivity contribution in [1.82, 2.24) is 14.8 Å². The van der Waals surface area contributed by atoms with E-state index < -0.39 is 0 Å². The molecule has 0 unspecified atom stereocenters. The number of ketones is 1. The predicted molar refractivity (Wildman–Crippen MR) is 135 cm³/mol. The Morgan fingerprint density at radius 2 is 1.71 bits per heavy atom. The van der Waals surface area contributed by atoms with Gasteiger partial charge in [0.15, 0.2) is 16.8 Å². The number of hydrogen-bond acceptors (Lipinski definition) is 8. The molecule has 0 saturated heterocycles. The Kier molecular flexibility index (Phi) is 7.39. The van der Waals surface area contributed by atoms with E-state index in [2.05, 4.69) is 10.2 Å². The minimum absolute atomic E-state index is 0.0486. The van der Waals surface area contributed by atoms with Crippen molar-refractivity contribution in [3.63, 3.8) is 0 Å². The summed E-state index contributed by atoms with van der Waals surface area (Å²) in [6.45, 7) is 0. The van der Waals surface area contributed by atoms with E-state index in [-0.39, 0.29) is 28.6 Å². The van der Waals surface area contributed by atoms with Crippen LogP contribution >= 0.6 is 35.0 Å². The molecule has 35 heavy (non-hydrogen) atoms. The summed E-state index contributed by atoms with van der Waals surface area (Å²) in [6, 6.07) is 14.1. The van der Waals surface area contributed by atoms with Crippen LogP contribution in [0, 0.1) is 0 Å². The van der Waals surface area contributed by atoms with Crippen LogP contribution in [0.5, 0.6) is 23.0 Å². The van der Waals surface area contributed by atoms with Gasteiger partial charge in [-0.2, -0.15) is 0 Å². The smallest absolute Gasteiger partial charge is 0.196 e. The number of thioether (sulfide) groups is 1. The maximum Gasteiger partial charge on any atom is 0.196 e. The molecule has 0 aliphatic carbocycles. The molecular formula is C24H19Cl2N3O5S. The first-order valence-corrected chi connectivity index (χ1v) is 11.9. The van der Waals surface area contributed by atoms with E-state index in [1.54, 1.807) is 41.0 Å². The zero-order valence-electron chi connectivity index (χ0n) is 18.5. The van der Waals surface area contributed by atoms with Crippen molar-refractivity contribution in [1.29, 1.82) is 0 Å². The number of benzene rings is 3. The Balaban J connectivity index is 1.77. The van der Waals surface area contributed by atoms with E-state index in [9.17, 15) is 15.0 Å². The number of ether oxygens (including phenoxy) is 2. The number of carbonyl (C=O) groups is 1. The molecule has 0 aliphatic rings. The van der Waals surface area contributed by atoms with Gasteiger partial charge in [0.1, 0.15) is 23.0 Å². The Morgan fingerprint density at radius 1 is 0.971 bits per heavy atom. The summed E-state index contributed by atoms with van der Waals surface area (Å²) in [6.07, 6.45) is 0. The van der Waals surface area contributed by atoms with Crippen LogP contribution in [0.2, 0.25) is 10.0 Å². The average Bonchev–Trinajstić information content (AvgIpc) is 3.26. The molecule has 0 amide bonds. The molecule has 2 N–H and O–H groups in total. The Labute approximate surface area is 215 Å². The van der Waals surface area contributed by atoms with Crippen molar-refractivity contribution in [2.24, 2.45) is 0 Å². The van der Waals surface area contributed by atoms with Crippen molar-refractivity contribution < 1.29 is 24.5 Å². The van der Waals surface area contributed by atoms with Crippen LogP contribution in [-0.2, 0) is 0 Å². The fourth-order valence-electron chi connectivity index (χ4n) is 3.38. The molecule has 0 spiro atoms. The first-order chi connectivity index (χ1) is 16.8. The second-order valence-electron chi connectivity index (χ2n) is 7.22. The Hall–Kier alpha value is -3.40. The van der Waals surface area contributed by atoms with Crippen molar-refractivity contribution in [2.45, 2.75) is 5.16 Å². The molecule has 0 aliphatic heterocycles. The van der Waals surface area contributed by atoms with E-state index in [1.165, 1.54) is 26.4 Å². The number of aromatic nitrogens is 3. The molecule has 180 valence electrons. The van der Waals surface area contributed by atoms with Gasteiger partial charge >= 0.3 is 0 Å². The molecule has 1 heterocycles. The van der Waals surface area contributed by atoms with Gasteiger partial charge in [-0.3, -0.25) is 9.36 Å². The van der Waals surface area contributed by atoms with Gasteiger partial charge in [-0.1, -0.05) is 35.0 Å². The number of Topliss-reactive ketones (excluding diaryl/α,β-unsaturated/α-hetero) is 1. The van der Waals surface area contributed by atoms with Gasteiger partial charge in [0, 0.05) is 11.1 Å². The number of halogens is 2. The molecule has 3 aromatic carbocycles. The third-order valence-corrected chi connectivity index (χ3v) is 6.50. The molecule has 1 aromatic heterocycles. The number of aromatic hydroxyl groups is 2. The molecule has 11 heteroatoms. The quantitative estimate of drug-likeness (QED) is 0.222. The maximum atomic E-state index is 12.8. The summed E-state index contributed by atoms with van der Waals surface area (Å²) in [4.78, 5) is 12.8. The second-order valence-corrected chi connectivity index (χ2v) is 9.00. The number of phenolic OH excluding ortho intramolecular Hbond substituents is 2. The van der Waals surface area contributed by atoms with Gasteiger partial charge in [-0.25, -0.2) is 0 Å². The third-order valence-electron chi connectivity index (χ3n) is 5.04. The number of rotatable bonds is 8. The maximum absolute atomic E-state index is 12.8. The normalized spacial score (nSPS) is 10.9. The fraction of sp³-hybridized carbons (Fsp3) is 0.125. The molecule has 0 fully saturated rings. The molecule has 4 rings (SSSR count). The summed E-state index contributed by atoms with van der Waals surface area (Å²) in [5.74, 6) is 0.616. The predicted octanol–water partition coefficient (Wildman–Crippen LogP) is 5.64. The van der Waals surface area contributed by atoms with Gasteiger partial charge in [0.25, 0.3) is 0 Å². The zero-order chi connectivity index (χ0) is 25.1. The first kappa shape index (κ1) is 24.7. The number of methoxy groups -OCH3 is 2. The van der Waals surface area contributed by atoms with Crippen LogP contribution in [0.4, 0.5) is 0 Å².